The number of likely N-dealkylation sites (tertiary alicyclic amines) is 1. The van der Waals surface area contributed by atoms with Crippen LogP contribution < -0.4 is 5.32 Å². The minimum absolute atomic E-state index is 0.0853. The average molecular weight is 329 g/mol. The number of benzene rings is 1. The molecule has 0 bridgehead atoms. The highest BCUT2D eigenvalue weighted by Crippen LogP contribution is 2.25. The molecule has 114 valence electrons. The Balaban J connectivity index is 2.04. The zero-order valence-corrected chi connectivity index (χ0v) is 13.6. The Hall–Kier alpha value is -1.26. The van der Waals surface area contributed by atoms with Crippen molar-refractivity contribution in [1.82, 2.24) is 10.2 Å². The van der Waals surface area contributed by atoms with Gasteiger partial charge in [0.05, 0.1) is 6.04 Å². The van der Waals surface area contributed by atoms with Crippen LogP contribution in [0.5, 0.6) is 0 Å². The van der Waals surface area contributed by atoms with Gasteiger partial charge in [-0.15, -0.1) is 0 Å². The Morgan fingerprint density at radius 3 is 2.57 bits per heavy atom. The Morgan fingerprint density at radius 1 is 1.38 bits per heavy atom. The van der Waals surface area contributed by atoms with Gasteiger partial charge in [-0.3, -0.25) is 9.59 Å². The summed E-state index contributed by atoms with van der Waals surface area (Å²) in [5.74, 6) is -0.169. The molecule has 1 aliphatic heterocycles. The van der Waals surface area contributed by atoms with E-state index in [1.165, 1.54) is 0 Å². The van der Waals surface area contributed by atoms with Crippen LogP contribution in [0.1, 0.15) is 35.7 Å². The van der Waals surface area contributed by atoms with Crippen molar-refractivity contribution in [3.05, 3.63) is 33.3 Å². The molecule has 0 spiro atoms. The van der Waals surface area contributed by atoms with E-state index in [1.807, 2.05) is 6.92 Å². The summed E-state index contributed by atoms with van der Waals surface area (Å²) < 4.78 is 0. The summed E-state index contributed by atoms with van der Waals surface area (Å²) in [4.78, 5) is 25.8. The predicted molar refractivity (Wildman–Crippen MR) is 83.9 cm³/mol. The smallest absolute Gasteiger partial charge is 0.251 e. The first kappa shape index (κ1) is 16.1. The highest BCUT2D eigenvalue weighted by atomic mass is 35.5. The first-order valence-electron chi connectivity index (χ1n) is 6.96. The van der Waals surface area contributed by atoms with Crippen molar-refractivity contribution < 1.29 is 9.59 Å². The molecule has 0 aliphatic carbocycles. The van der Waals surface area contributed by atoms with Gasteiger partial charge in [-0.1, -0.05) is 30.1 Å². The lowest BCUT2D eigenvalue weighted by molar-refractivity contribution is -0.127. The molecule has 1 unspecified atom stereocenters. The lowest BCUT2D eigenvalue weighted by Crippen LogP contribution is -2.37. The Morgan fingerprint density at radius 2 is 2.00 bits per heavy atom. The van der Waals surface area contributed by atoms with Crippen LogP contribution >= 0.6 is 23.2 Å². The molecule has 1 atom stereocenters. The maximum absolute atomic E-state index is 12.2. The van der Waals surface area contributed by atoms with Crippen molar-refractivity contribution in [3.8, 4) is 0 Å². The molecule has 2 rings (SSSR count). The van der Waals surface area contributed by atoms with Crippen LogP contribution in [0, 0.1) is 6.92 Å². The molecule has 1 saturated heterocycles. The molecule has 21 heavy (non-hydrogen) atoms. The van der Waals surface area contributed by atoms with Gasteiger partial charge < -0.3 is 10.2 Å². The lowest BCUT2D eigenvalue weighted by Gasteiger charge is -2.16. The summed E-state index contributed by atoms with van der Waals surface area (Å²) >= 11 is 12.1. The molecular formula is C15H18Cl2N2O2. The maximum Gasteiger partial charge on any atom is 0.251 e. The Bertz CT molecular complexity index is 552. The summed E-state index contributed by atoms with van der Waals surface area (Å²) in [6.45, 7) is 5.11. The average Bonchev–Trinajstić information content (AvgIpc) is 2.76. The van der Waals surface area contributed by atoms with Gasteiger partial charge in [0, 0.05) is 35.1 Å². The number of hydrogen-bond donors (Lipinski definition) is 1. The van der Waals surface area contributed by atoms with Gasteiger partial charge >= 0.3 is 0 Å². The third-order valence-corrected chi connectivity index (χ3v) is 4.37. The first-order valence-corrected chi connectivity index (χ1v) is 7.72. The highest BCUT2D eigenvalue weighted by molar-refractivity contribution is 6.36. The second kappa shape index (κ2) is 6.67. The van der Waals surface area contributed by atoms with Crippen molar-refractivity contribution in [2.24, 2.45) is 0 Å². The Kier molecular flexibility index (Phi) is 5.12. The van der Waals surface area contributed by atoms with Gasteiger partial charge in [-0.05, 0) is 31.0 Å². The molecule has 6 heteroatoms. The van der Waals surface area contributed by atoms with Crippen LogP contribution in [0.15, 0.2) is 12.1 Å². The van der Waals surface area contributed by atoms with E-state index in [1.54, 1.807) is 24.0 Å². The number of amides is 2. The van der Waals surface area contributed by atoms with Crippen LogP contribution in [0.3, 0.4) is 0 Å². The van der Waals surface area contributed by atoms with E-state index >= 15 is 0 Å². The van der Waals surface area contributed by atoms with E-state index in [4.69, 9.17) is 23.2 Å². The predicted octanol–water partition coefficient (Wildman–Crippen LogP) is 3.04. The van der Waals surface area contributed by atoms with Crippen molar-refractivity contribution in [2.75, 3.05) is 13.1 Å². The zero-order chi connectivity index (χ0) is 15.6. The van der Waals surface area contributed by atoms with Crippen LogP contribution in [0.4, 0.5) is 0 Å². The number of nitrogens with zero attached hydrogens (tertiary/aromatic N) is 1. The SMILES string of the molecule is CCCN1CC(NC(=O)c2cc(Cl)c(C)c(Cl)c2)CC1=O. The minimum Gasteiger partial charge on any atom is -0.347 e. The van der Waals surface area contributed by atoms with E-state index in [2.05, 4.69) is 5.32 Å². The molecule has 0 saturated carbocycles. The van der Waals surface area contributed by atoms with Gasteiger partial charge in [-0.2, -0.15) is 0 Å². The first-order chi connectivity index (χ1) is 9.92. The maximum atomic E-state index is 12.2. The molecule has 0 radical (unpaired) electrons. The van der Waals surface area contributed by atoms with Crippen molar-refractivity contribution in [2.45, 2.75) is 32.7 Å². The summed E-state index contributed by atoms with van der Waals surface area (Å²) in [5.41, 5.74) is 1.16. The van der Waals surface area contributed by atoms with Crippen LogP contribution in [0.25, 0.3) is 0 Å². The molecule has 1 aromatic carbocycles. The van der Waals surface area contributed by atoms with E-state index in [0.717, 1.165) is 18.5 Å². The number of rotatable bonds is 4. The summed E-state index contributed by atoms with van der Waals surface area (Å²) in [5, 5.41) is 3.79. The van der Waals surface area contributed by atoms with Crippen LogP contribution in [-0.2, 0) is 4.79 Å². The second-order valence-corrected chi connectivity index (χ2v) is 6.09. The third kappa shape index (κ3) is 3.69. The van der Waals surface area contributed by atoms with Crippen molar-refractivity contribution in [3.63, 3.8) is 0 Å². The van der Waals surface area contributed by atoms with Crippen molar-refractivity contribution >= 4 is 35.0 Å². The molecule has 2 amide bonds. The summed E-state index contributed by atoms with van der Waals surface area (Å²) in [6.07, 6.45) is 1.26. The van der Waals surface area contributed by atoms with Gasteiger partial charge in [0.15, 0.2) is 0 Å². The monoisotopic (exact) mass is 328 g/mol. The number of halogens is 2. The van der Waals surface area contributed by atoms with E-state index in [9.17, 15) is 9.59 Å². The topological polar surface area (TPSA) is 49.4 Å². The van der Waals surface area contributed by atoms with Gasteiger partial charge in [0.2, 0.25) is 5.91 Å². The van der Waals surface area contributed by atoms with Crippen molar-refractivity contribution in [1.29, 1.82) is 0 Å². The van der Waals surface area contributed by atoms with Crippen LogP contribution in [-0.4, -0.2) is 35.8 Å². The normalized spacial score (nSPS) is 18.2. The minimum atomic E-state index is -0.255. The fraction of sp³-hybridized carbons (Fsp3) is 0.467. The molecule has 4 nitrogen and oxygen atoms in total. The molecular weight excluding hydrogens is 311 g/mol. The van der Waals surface area contributed by atoms with Gasteiger partial charge in [0.1, 0.15) is 0 Å². The molecule has 1 aliphatic rings. The summed E-state index contributed by atoms with van der Waals surface area (Å²) in [6, 6.07) is 3.03. The highest BCUT2D eigenvalue weighted by Gasteiger charge is 2.30. The number of carbonyl (C=O) groups excluding carboxylic acids is 2. The molecule has 1 fully saturated rings. The van der Waals surface area contributed by atoms with E-state index < -0.39 is 0 Å². The van der Waals surface area contributed by atoms with Crippen LogP contribution in [0.2, 0.25) is 10.0 Å². The van der Waals surface area contributed by atoms with E-state index in [-0.39, 0.29) is 17.9 Å². The number of carbonyl (C=O) groups is 2. The second-order valence-electron chi connectivity index (χ2n) is 5.28. The molecule has 1 heterocycles. The quantitative estimate of drug-likeness (QED) is 0.923. The lowest BCUT2D eigenvalue weighted by atomic mass is 10.1. The van der Waals surface area contributed by atoms with Gasteiger partial charge in [-0.25, -0.2) is 0 Å². The third-order valence-electron chi connectivity index (χ3n) is 3.59. The number of nitrogens with one attached hydrogen (secondary N) is 1. The molecule has 0 aromatic heterocycles. The standard InChI is InChI=1S/C15H18Cl2N2O2/c1-3-4-19-8-11(7-14(19)20)18-15(21)10-5-12(16)9(2)13(17)6-10/h5-6,11H,3-4,7-8H2,1-2H3,(H,18,21). The van der Waals surface area contributed by atoms with E-state index in [0.29, 0.717) is 28.6 Å². The molecule has 1 N–H and O–H groups in total. The summed E-state index contributed by atoms with van der Waals surface area (Å²) in [7, 11) is 0. The fourth-order valence-electron chi connectivity index (χ4n) is 2.40. The largest absolute Gasteiger partial charge is 0.347 e. The molecule has 1 aromatic rings. The van der Waals surface area contributed by atoms with Gasteiger partial charge in [0.25, 0.3) is 5.91 Å². The Labute approximate surface area is 134 Å². The fourth-order valence-corrected chi connectivity index (χ4v) is 2.89. The number of hydrogen-bond acceptors (Lipinski definition) is 2. The zero-order valence-electron chi connectivity index (χ0n) is 12.1.